The van der Waals surface area contributed by atoms with Gasteiger partial charge >= 0.3 is 18.0 Å². The molecular formula is C31H37N3O7. The van der Waals surface area contributed by atoms with Crippen molar-refractivity contribution in [3.05, 3.63) is 72.3 Å². The van der Waals surface area contributed by atoms with Gasteiger partial charge in [-0.3, -0.25) is 9.59 Å². The number of aliphatic carboxylic acids is 1. The first-order valence-corrected chi connectivity index (χ1v) is 13.5. The van der Waals surface area contributed by atoms with Crippen LogP contribution in [0.25, 0.3) is 21.9 Å². The number of carboxylic acids is 1. The van der Waals surface area contributed by atoms with Gasteiger partial charge in [-0.1, -0.05) is 67.6 Å². The minimum atomic E-state index is -1.16. The first kappa shape index (κ1) is 31.1. The van der Waals surface area contributed by atoms with Gasteiger partial charge in [-0.25, -0.2) is 9.59 Å². The number of urea groups is 1. The van der Waals surface area contributed by atoms with Crippen molar-refractivity contribution in [1.29, 1.82) is 0 Å². The van der Waals surface area contributed by atoms with Gasteiger partial charge in [-0.2, -0.15) is 0 Å². The number of rotatable bonds is 14. The molecule has 0 aliphatic heterocycles. The summed E-state index contributed by atoms with van der Waals surface area (Å²) in [6, 6.07) is 20.1. The summed E-state index contributed by atoms with van der Waals surface area (Å²) in [5.41, 5.74) is 2.82. The van der Waals surface area contributed by atoms with Crippen LogP contribution in [0.4, 0.5) is 4.79 Å². The minimum absolute atomic E-state index is 0.00725. The number of carbonyl (C=O) groups is 4. The standard InChI is InChI=1S/C31H37N3O7/c1-20(15-27(19-35)30(39)41-14-13-32-21(2)36)18-33-31(40)34-28(29(37)38)16-22-7-9-24(10-8-22)26-12-11-23-5-3-4-6-25(23)17-26/h3-12,17,20,27-28,35H,13-16,18-19H2,1-2H3,(H,32,36)(H,37,38)(H2,33,34,40)/t20-,27-,28-/m0/s1. The molecule has 10 heteroatoms. The number of aliphatic hydroxyl groups excluding tert-OH is 1. The number of fused-ring (bicyclic) bond motifs is 1. The number of ether oxygens (including phenoxy) is 1. The zero-order chi connectivity index (χ0) is 29.8. The molecule has 3 aromatic rings. The number of nitrogens with one attached hydrogen (secondary N) is 3. The summed E-state index contributed by atoms with van der Waals surface area (Å²) < 4.78 is 5.08. The third-order valence-corrected chi connectivity index (χ3v) is 6.65. The smallest absolute Gasteiger partial charge is 0.326 e. The van der Waals surface area contributed by atoms with Gasteiger partial charge in [0.2, 0.25) is 5.91 Å². The highest BCUT2D eigenvalue weighted by Crippen LogP contribution is 2.25. The molecule has 0 saturated carbocycles. The average Bonchev–Trinajstić information content (AvgIpc) is 2.96. The number of amides is 3. The zero-order valence-corrected chi connectivity index (χ0v) is 23.3. The first-order valence-electron chi connectivity index (χ1n) is 13.5. The van der Waals surface area contributed by atoms with Crippen LogP contribution in [0.1, 0.15) is 25.8 Å². The van der Waals surface area contributed by atoms with Gasteiger partial charge < -0.3 is 30.9 Å². The molecule has 10 nitrogen and oxygen atoms in total. The molecule has 0 heterocycles. The summed E-state index contributed by atoms with van der Waals surface area (Å²) >= 11 is 0. The summed E-state index contributed by atoms with van der Waals surface area (Å²) in [5, 5.41) is 29.2. The molecule has 5 N–H and O–H groups in total. The molecular weight excluding hydrogens is 526 g/mol. The van der Waals surface area contributed by atoms with Crippen LogP contribution < -0.4 is 16.0 Å². The molecule has 218 valence electrons. The van der Waals surface area contributed by atoms with Gasteiger partial charge in [-0.05, 0) is 45.9 Å². The molecule has 3 atom stereocenters. The van der Waals surface area contributed by atoms with E-state index in [1.54, 1.807) is 6.92 Å². The maximum absolute atomic E-state index is 12.5. The van der Waals surface area contributed by atoms with Crippen LogP contribution in [0.15, 0.2) is 66.7 Å². The summed E-state index contributed by atoms with van der Waals surface area (Å²) in [4.78, 5) is 47.4. The predicted octanol–water partition coefficient (Wildman–Crippen LogP) is 3.12. The third-order valence-electron chi connectivity index (χ3n) is 6.65. The number of hydrogen-bond acceptors (Lipinski definition) is 6. The van der Waals surface area contributed by atoms with Crippen molar-refractivity contribution in [3.63, 3.8) is 0 Å². The molecule has 0 unspecified atom stereocenters. The Balaban J connectivity index is 1.48. The maximum atomic E-state index is 12.5. The Morgan fingerprint density at radius 3 is 2.24 bits per heavy atom. The largest absolute Gasteiger partial charge is 0.480 e. The highest BCUT2D eigenvalue weighted by atomic mass is 16.5. The van der Waals surface area contributed by atoms with E-state index in [0.29, 0.717) is 0 Å². The van der Waals surface area contributed by atoms with Gasteiger partial charge in [0.25, 0.3) is 0 Å². The monoisotopic (exact) mass is 563 g/mol. The summed E-state index contributed by atoms with van der Waals surface area (Å²) in [6.07, 6.45) is 0.356. The molecule has 41 heavy (non-hydrogen) atoms. The SMILES string of the molecule is CC(=O)NCCOC(=O)[C@H](CO)C[C@H](C)CNC(=O)N[C@@H](Cc1ccc(-c2ccc3ccccc3c2)cc1)C(=O)O. The number of benzene rings is 3. The Morgan fingerprint density at radius 1 is 0.902 bits per heavy atom. The highest BCUT2D eigenvalue weighted by Gasteiger charge is 2.24. The quantitative estimate of drug-likeness (QED) is 0.149. The van der Waals surface area contributed by atoms with E-state index in [0.717, 1.165) is 27.5 Å². The topological polar surface area (TPSA) is 154 Å². The van der Waals surface area contributed by atoms with E-state index in [4.69, 9.17) is 4.74 Å². The van der Waals surface area contributed by atoms with Crippen molar-refractivity contribution in [2.45, 2.75) is 32.7 Å². The zero-order valence-electron chi connectivity index (χ0n) is 23.3. The van der Waals surface area contributed by atoms with Gasteiger partial charge in [-0.15, -0.1) is 0 Å². The molecule has 0 fully saturated rings. The van der Waals surface area contributed by atoms with E-state index in [9.17, 15) is 29.4 Å². The van der Waals surface area contributed by atoms with Crippen molar-refractivity contribution < 1.29 is 34.1 Å². The Kier molecular flexibility index (Phi) is 11.7. The van der Waals surface area contributed by atoms with Crippen LogP contribution in [-0.2, 0) is 25.5 Å². The molecule has 3 amide bonds. The Bertz CT molecular complexity index is 1340. The Morgan fingerprint density at radius 2 is 1.59 bits per heavy atom. The summed E-state index contributed by atoms with van der Waals surface area (Å²) in [5.74, 6) is -2.97. The van der Waals surface area contributed by atoms with Crippen molar-refractivity contribution in [2.24, 2.45) is 11.8 Å². The number of aliphatic hydroxyl groups is 1. The lowest BCUT2D eigenvalue weighted by Crippen LogP contribution is -2.48. The van der Waals surface area contributed by atoms with Crippen molar-refractivity contribution in [2.75, 3.05) is 26.3 Å². The van der Waals surface area contributed by atoms with Gasteiger partial charge in [0.1, 0.15) is 12.6 Å². The minimum Gasteiger partial charge on any atom is -0.480 e. The lowest BCUT2D eigenvalue weighted by molar-refractivity contribution is -0.150. The second-order valence-electron chi connectivity index (χ2n) is 10.1. The number of esters is 1. The molecule has 0 bridgehead atoms. The first-order chi connectivity index (χ1) is 19.7. The molecule has 3 aromatic carbocycles. The Labute approximate surface area is 239 Å². The third kappa shape index (κ3) is 9.91. The van der Waals surface area contributed by atoms with E-state index in [-0.39, 0.29) is 44.4 Å². The molecule has 0 saturated heterocycles. The van der Waals surface area contributed by atoms with E-state index in [1.165, 1.54) is 6.92 Å². The lowest BCUT2D eigenvalue weighted by Gasteiger charge is -2.20. The maximum Gasteiger partial charge on any atom is 0.326 e. The van der Waals surface area contributed by atoms with Crippen LogP contribution in [0.2, 0.25) is 0 Å². The average molecular weight is 564 g/mol. The molecule has 0 aliphatic carbocycles. The van der Waals surface area contributed by atoms with Crippen molar-refractivity contribution >= 4 is 34.6 Å². The van der Waals surface area contributed by atoms with Crippen LogP contribution in [0, 0.1) is 11.8 Å². The van der Waals surface area contributed by atoms with Crippen molar-refractivity contribution in [3.8, 4) is 11.1 Å². The number of carboxylic acid groups (broad SMARTS) is 1. The fourth-order valence-corrected chi connectivity index (χ4v) is 4.43. The van der Waals surface area contributed by atoms with E-state index in [2.05, 4.69) is 40.2 Å². The fourth-order valence-electron chi connectivity index (χ4n) is 4.43. The lowest BCUT2D eigenvalue weighted by atomic mass is 9.96. The van der Waals surface area contributed by atoms with Crippen LogP contribution in [0.5, 0.6) is 0 Å². The van der Waals surface area contributed by atoms with E-state index < -0.39 is 36.5 Å². The second-order valence-corrected chi connectivity index (χ2v) is 10.1. The van der Waals surface area contributed by atoms with Gasteiger partial charge in [0.05, 0.1) is 19.1 Å². The van der Waals surface area contributed by atoms with Crippen LogP contribution in [-0.4, -0.2) is 66.4 Å². The van der Waals surface area contributed by atoms with E-state index in [1.807, 2.05) is 42.5 Å². The molecule has 0 spiro atoms. The molecule has 0 aromatic heterocycles. The number of carbonyl (C=O) groups excluding carboxylic acids is 3. The Hall–Kier alpha value is -4.44. The van der Waals surface area contributed by atoms with Gasteiger partial charge in [0.15, 0.2) is 0 Å². The van der Waals surface area contributed by atoms with Crippen LogP contribution >= 0.6 is 0 Å². The highest BCUT2D eigenvalue weighted by molar-refractivity contribution is 5.87. The summed E-state index contributed by atoms with van der Waals surface area (Å²) in [6.45, 7) is 3.05. The second kappa shape index (κ2) is 15.4. The summed E-state index contributed by atoms with van der Waals surface area (Å²) in [7, 11) is 0. The van der Waals surface area contributed by atoms with Gasteiger partial charge in [0, 0.05) is 19.9 Å². The predicted molar refractivity (Wildman–Crippen MR) is 155 cm³/mol. The molecule has 3 rings (SSSR count). The normalized spacial score (nSPS) is 13.0. The molecule has 0 radical (unpaired) electrons. The number of hydrogen-bond donors (Lipinski definition) is 5. The van der Waals surface area contributed by atoms with E-state index >= 15 is 0 Å². The van der Waals surface area contributed by atoms with Crippen molar-refractivity contribution in [1.82, 2.24) is 16.0 Å². The molecule has 0 aliphatic rings. The fraction of sp³-hybridized carbons (Fsp3) is 0.355. The van der Waals surface area contributed by atoms with Crippen LogP contribution in [0.3, 0.4) is 0 Å².